The summed E-state index contributed by atoms with van der Waals surface area (Å²) in [4.78, 5) is 14.4. The highest BCUT2D eigenvalue weighted by Crippen LogP contribution is 2.30. The molecule has 1 fully saturated rings. The topological polar surface area (TPSA) is 50.8 Å². The molecule has 118 valence electrons. The van der Waals surface area contributed by atoms with E-state index in [1.807, 2.05) is 11.8 Å². The van der Waals surface area contributed by atoms with Crippen molar-refractivity contribution in [1.29, 1.82) is 0 Å². The van der Waals surface area contributed by atoms with Crippen molar-refractivity contribution in [3.8, 4) is 11.5 Å². The van der Waals surface area contributed by atoms with Gasteiger partial charge in [-0.2, -0.15) is 0 Å². The highest BCUT2D eigenvalue weighted by Gasteiger charge is 2.23. The Bertz CT molecular complexity index is 483. The molecule has 0 radical (unpaired) electrons. The molecular weight excluding hydrogens is 292 g/mol. The van der Waals surface area contributed by atoms with Gasteiger partial charge in [0.05, 0.1) is 14.2 Å². The molecule has 5 nitrogen and oxygen atoms in total. The quantitative estimate of drug-likeness (QED) is 0.925. The number of nitrogens with one attached hydrogen (secondary N) is 1. The van der Waals surface area contributed by atoms with Gasteiger partial charge in [0.1, 0.15) is 11.5 Å². The molecule has 1 aliphatic rings. The molecule has 1 heterocycles. The molecule has 2 rings (SSSR count). The van der Waals surface area contributed by atoms with Gasteiger partial charge in [-0.3, -0.25) is 4.79 Å². The van der Waals surface area contributed by atoms with E-state index in [-0.39, 0.29) is 18.3 Å². The molecule has 0 saturated carbocycles. The van der Waals surface area contributed by atoms with E-state index < -0.39 is 0 Å². The van der Waals surface area contributed by atoms with Crippen LogP contribution in [0.2, 0.25) is 0 Å². The number of piperazine rings is 1. The maximum Gasteiger partial charge on any atom is 0.254 e. The smallest absolute Gasteiger partial charge is 0.254 e. The molecule has 0 spiro atoms. The number of hydrogen-bond acceptors (Lipinski definition) is 4. The molecule has 6 heteroatoms. The van der Waals surface area contributed by atoms with E-state index in [9.17, 15) is 4.79 Å². The summed E-state index contributed by atoms with van der Waals surface area (Å²) < 4.78 is 10.6. The van der Waals surface area contributed by atoms with Crippen molar-refractivity contribution in [2.75, 3.05) is 33.9 Å². The number of methoxy groups -OCH3 is 2. The van der Waals surface area contributed by atoms with Crippen LogP contribution in [0.25, 0.3) is 0 Å². The van der Waals surface area contributed by atoms with Crippen LogP contribution in [0.3, 0.4) is 0 Å². The zero-order chi connectivity index (χ0) is 14.7. The van der Waals surface area contributed by atoms with E-state index in [4.69, 9.17) is 9.47 Å². The molecule has 0 aliphatic carbocycles. The van der Waals surface area contributed by atoms with Gasteiger partial charge in [-0.25, -0.2) is 0 Å². The van der Waals surface area contributed by atoms with Crippen molar-refractivity contribution >= 4 is 18.3 Å². The maximum atomic E-state index is 12.6. The fraction of sp³-hybridized carbons (Fsp3) is 0.533. The number of rotatable bonds is 3. The summed E-state index contributed by atoms with van der Waals surface area (Å²) in [6, 6.07) is 3.89. The van der Waals surface area contributed by atoms with Crippen LogP contribution in [0.4, 0.5) is 0 Å². The third-order valence-corrected chi connectivity index (χ3v) is 3.66. The predicted molar refractivity (Wildman–Crippen MR) is 84.9 cm³/mol. The number of halogens is 1. The normalized spacial score (nSPS) is 17.9. The van der Waals surface area contributed by atoms with Gasteiger partial charge in [0.2, 0.25) is 0 Å². The van der Waals surface area contributed by atoms with E-state index >= 15 is 0 Å². The highest BCUT2D eigenvalue weighted by atomic mass is 35.5. The molecule has 1 aromatic rings. The Labute approximate surface area is 132 Å². The van der Waals surface area contributed by atoms with Crippen LogP contribution >= 0.6 is 12.4 Å². The lowest BCUT2D eigenvalue weighted by molar-refractivity contribution is 0.0708. The van der Waals surface area contributed by atoms with E-state index in [1.165, 1.54) is 0 Å². The van der Waals surface area contributed by atoms with Crippen LogP contribution < -0.4 is 14.8 Å². The van der Waals surface area contributed by atoms with E-state index in [2.05, 4.69) is 12.2 Å². The standard InChI is InChI=1S/C15H22N2O3.ClH/c1-10-9-17(6-5-16-10)15(18)12-7-13(19-3)11(2)14(8-12)20-4;/h7-8,10,16H,5-6,9H2,1-4H3;1H/t10-;/m0./s1. The number of carbonyl (C=O) groups is 1. The number of hydrogen-bond donors (Lipinski definition) is 1. The van der Waals surface area contributed by atoms with Crippen LogP contribution in [0.1, 0.15) is 22.8 Å². The van der Waals surface area contributed by atoms with Gasteiger partial charge in [0.25, 0.3) is 5.91 Å². The lowest BCUT2D eigenvalue weighted by Crippen LogP contribution is -2.51. The number of ether oxygens (including phenoxy) is 2. The van der Waals surface area contributed by atoms with Crippen molar-refractivity contribution in [3.05, 3.63) is 23.3 Å². The average molecular weight is 315 g/mol. The summed E-state index contributed by atoms with van der Waals surface area (Å²) in [7, 11) is 3.20. The fourth-order valence-electron chi connectivity index (χ4n) is 2.51. The Hall–Kier alpha value is -1.46. The van der Waals surface area contributed by atoms with Gasteiger partial charge < -0.3 is 19.7 Å². The van der Waals surface area contributed by atoms with Crippen molar-refractivity contribution in [1.82, 2.24) is 10.2 Å². The summed E-state index contributed by atoms with van der Waals surface area (Å²) in [5.41, 5.74) is 1.51. The molecule has 1 amide bonds. The largest absolute Gasteiger partial charge is 0.496 e. The molecule has 1 aromatic carbocycles. The summed E-state index contributed by atoms with van der Waals surface area (Å²) in [5.74, 6) is 1.38. The molecule has 0 aromatic heterocycles. The number of nitrogens with zero attached hydrogens (tertiary/aromatic N) is 1. The molecule has 0 unspecified atom stereocenters. The summed E-state index contributed by atoms with van der Waals surface area (Å²) >= 11 is 0. The summed E-state index contributed by atoms with van der Waals surface area (Å²) in [6.07, 6.45) is 0. The number of carbonyl (C=O) groups excluding carboxylic acids is 1. The monoisotopic (exact) mass is 314 g/mol. The SMILES string of the molecule is COc1cc(C(=O)N2CCN[C@@H](C)C2)cc(OC)c1C.Cl. The van der Waals surface area contributed by atoms with Crippen molar-refractivity contribution in [3.63, 3.8) is 0 Å². The van der Waals surface area contributed by atoms with Gasteiger partial charge in [-0.05, 0) is 26.0 Å². The Morgan fingerprint density at radius 3 is 2.33 bits per heavy atom. The fourth-order valence-corrected chi connectivity index (χ4v) is 2.51. The highest BCUT2D eigenvalue weighted by molar-refractivity contribution is 5.95. The summed E-state index contributed by atoms with van der Waals surface area (Å²) in [5, 5.41) is 3.33. The lowest BCUT2D eigenvalue weighted by Gasteiger charge is -2.32. The Balaban J connectivity index is 0.00000220. The Morgan fingerprint density at radius 1 is 1.29 bits per heavy atom. The van der Waals surface area contributed by atoms with Crippen molar-refractivity contribution in [2.24, 2.45) is 0 Å². The molecule has 1 N–H and O–H groups in total. The Morgan fingerprint density at radius 2 is 1.86 bits per heavy atom. The molecule has 21 heavy (non-hydrogen) atoms. The zero-order valence-corrected chi connectivity index (χ0v) is 13.8. The van der Waals surface area contributed by atoms with Crippen LogP contribution in [-0.2, 0) is 0 Å². The van der Waals surface area contributed by atoms with E-state index in [0.717, 1.165) is 25.2 Å². The van der Waals surface area contributed by atoms with E-state index in [1.54, 1.807) is 26.4 Å². The Kier molecular flexibility index (Phi) is 6.30. The second kappa shape index (κ2) is 7.52. The van der Waals surface area contributed by atoms with Crippen LogP contribution in [0.15, 0.2) is 12.1 Å². The number of benzene rings is 1. The first-order chi connectivity index (χ1) is 9.56. The first kappa shape index (κ1) is 17.6. The van der Waals surface area contributed by atoms with Crippen LogP contribution in [0, 0.1) is 6.92 Å². The predicted octanol–water partition coefficient (Wildman–Crippen LogP) is 1.87. The second-order valence-electron chi connectivity index (χ2n) is 5.11. The molecule has 0 bridgehead atoms. The maximum absolute atomic E-state index is 12.6. The first-order valence-corrected chi connectivity index (χ1v) is 6.82. The second-order valence-corrected chi connectivity index (χ2v) is 5.11. The minimum atomic E-state index is 0. The minimum Gasteiger partial charge on any atom is -0.496 e. The number of amides is 1. The lowest BCUT2D eigenvalue weighted by atomic mass is 10.1. The molecule has 1 saturated heterocycles. The van der Waals surface area contributed by atoms with Crippen LogP contribution in [-0.4, -0.2) is 50.7 Å². The molecular formula is C15H23ClN2O3. The van der Waals surface area contributed by atoms with Crippen LogP contribution in [0.5, 0.6) is 11.5 Å². The minimum absolute atomic E-state index is 0. The first-order valence-electron chi connectivity index (χ1n) is 6.82. The molecule has 1 aliphatic heterocycles. The van der Waals surface area contributed by atoms with Gasteiger partial charge >= 0.3 is 0 Å². The van der Waals surface area contributed by atoms with Crippen molar-refractivity contribution < 1.29 is 14.3 Å². The third kappa shape index (κ3) is 3.80. The van der Waals surface area contributed by atoms with Gasteiger partial charge in [0, 0.05) is 36.8 Å². The molecule has 1 atom stereocenters. The van der Waals surface area contributed by atoms with Gasteiger partial charge in [-0.15, -0.1) is 12.4 Å². The van der Waals surface area contributed by atoms with Gasteiger partial charge in [-0.1, -0.05) is 0 Å². The van der Waals surface area contributed by atoms with Crippen molar-refractivity contribution in [2.45, 2.75) is 19.9 Å². The van der Waals surface area contributed by atoms with Gasteiger partial charge in [0.15, 0.2) is 0 Å². The third-order valence-electron chi connectivity index (χ3n) is 3.66. The van der Waals surface area contributed by atoms with E-state index in [0.29, 0.717) is 23.1 Å². The average Bonchev–Trinajstić information content (AvgIpc) is 2.46. The zero-order valence-electron chi connectivity index (χ0n) is 12.9. The summed E-state index contributed by atoms with van der Waals surface area (Å²) in [6.45, 7) is 6.26.